The average Bonchev–Trinajstić information content (AvgIpc) is 2.84. The molecule has 0 aromatic heterocycles. The van der Waals surface area contributed by atoms with Gasteiger partial charge in [-0.1, -0.05) is 18.2 Å². The topological polar surface area (TPSA) is 126 Å². The molecule has 1 N–H and O–H groups in total. The highest BCUT2D eigenvalue weighted by atomic mass is 16.6. The van der Waals surface area contributed by atoms with Gasteiger partial charge in [-0.2, -0.15) is 0 Å². The SMILES string of the molecule is CCOc1cc(C(=O)OCC(=O)Nc2ccc(Oc3ccccc3)cc2)c([N+](=O)[O-])cc1OC. The van der Waals surface area contributed by atoms with Crippen molar-refractivity contribution in [3.63, 3.8) is 0 Å². The van der Waals surface area contributed by atoms with Crippen molar-refractivity contribution in [3.05, 3.63) is 82.4 Å². The van der Waals surface area contributed by atoms with E-state index in [1.54, 1.807) is 31.2 Å². The molecule has 0 spiro atoms. The van der Waals surface area contributed by atoms with Crippen molar-refractivity contribution >= 4 is 23.3 Å². The number of ether oxygens (including phenoxy) is 4. The van der Waals surface area contributed by atoms with Gasteiger partial charge in [0, 0.05) is 11.8 Å². The molecule has 10 heteroatoms. The van der Waals surface area contributed by atoms with Gasteiger partial charge in [-0.25, -0.2) is 4.79 Å². The van der Waals surface area contributed by atoms with Crippen molar-refractivity contribution in [2.24, 2.45) is 0 Å². The normalized spacial score (nSPS) is 10.2. The van der Waals surface area contributed by atoms with E-state index in [1.165, 1.54) is 7.11 Å². The molecule has 176 valence electrons. The Morgan fingerprint density at radius 1 is 0.971 bits per heavy atom. The fourth-order valence-corrected chi connectivity index (χ4v) is 2.93. The van der Waals surface area contributed by atoms with E-state index in [4.69, 9.17) is 18.9 Å². The first-order valence-corrected chi connectivity index (χ1v) is 10.2. The maximum atomic E-state index is 12.5. The van der Waals surface area contributed by atoms with Crippen molar-refractivity contribution in [2.75, 3.05) is 25.6 Å². The number of nitro benzene ring substituents is 1. The lowest BCUT2D eigenvalue weighted by Gasteiger charge is -2.12. The number of nitrogens with one attached hydrogen (secondary N) is 1. The third kappa shape index (κ3) is 6.22. The first kappa shape index (κ1) is 24.1. The van der Waals surface area contributed by atoms with Gasteiger partial charge in [0.15, 0.2) is 18.1 Å². The molecule has 0 saturated heterocycles. The molecule has 3 aromatic rings. The molecule has 1 amide bonds. The Bertz CT molecular complexity index is 1160. The number of rotatable bonds is 10. The number of carbonyl (C=O) groups is 2. The Labute approximate surface area is 195 Å². The lowest BCUT2D eigenvalue weighted by Crippen LogP contribution is -2.21. The van der Waals surface area contributed by atoms with E-state index in [1.807, 2.05) is 30.3 Å². The molecule has 0 unspecified atom stereocenters. The van der Waals surface area contributed by atoms with E-state index in [-0.39, 0.29) is 23.7 Å². The van der Waals surface area contributed by atoms with Crippen LogP contribution >= 0.6 is 0 Å². The van der Waals surface area contributed by atoms with Crippen LogP contribution in [0.5, 0.6) is 23.0 Å². The van der Waals surface area contributed by atoms with Crippen LogP contribution in [0, 0.1) is 10.1 Å². The van der Waals surface area contributed by atoms with Gasteiger partial charge in [0.05, 0.1) is 24.7 Å². The largest absolute Gasteiger partial charge is 0.493 e. The summed E-state index contributed by atoms with van der Waals surface area (Å²) < 4.78 is 21.1. The number of hydrogen-bond acceptors (Lipinski definition) is 8. The second-order valence-corrected chi connectivity index (χ2v) is 6.77. The van der Waals surface area contributed by atoms with Gasteiger partial charge in [-0.05, 0) is 43.3 Å². The fraction of sp³-hybridized carbons (Fsp3) is 0.167. The predicted octanol–water partition coefficient (Wildman–Crippen LogP) is 4.59. The Balaban J connectivity index is 1.62. The second kappa shape index (κ2) is 11.3. The average molecular weight is 466 g/mol. The van der Waals surface area contributed by atoms with Crippen LogP contribution in [-0.2, 0) is 9.53 Å². The van der Waals surface area contributed by atoms with Crippen LogP contribution in [-0.4, -0.2) is 37.1 Å². The first-order valence-electron chi connectivity index (χ1n) is 10.2. The van der Waals surface area contributed by atoms with Crippen LogP contribution < -0.4 is 19.5 Å². The predicted molar refractivity (Wildman–Crippen MR) is 123 cm³/mol. The number of carbonyl (C=O) groups excluding carboxylic acids is 2. The molecule has 0 aliphatic rings. The summed E-state index contributed by atoms with van der Waals surface area (Å²) in [6.07, 6.45) is 0. The number of para-hydroxylation sites is 1. The number of hydrogen-bond donors (Lipinski definition) is 1. The fourth-order valence-electron chi connectivity index (χ4n) is 2.93. The van der Waals surface area contributed by atoms with Crippen LogP contribution in [0.2, 0.25) is 0 Å². The van der Waals surface area contributed by atoms with E-state index < -0.39 is 29.1 Å². The molecule has 3 aromatic carbocycles. The molecule has 0 aliphatic carbocycles. The number of nitrogens with zero attached hydrogens (tertiary/aromatic N) is 1. The molecule has 0 heterocycles. The van der Waals surface area contributed by atoms with Crippen molar-refractivity contribution in [1.82, 2.24) is 0 Å². The molecule has 0 radical (unpaired) electrons. The van der Waals surface area contributed by atoms with E-state index in [2.05, 4.69) is 5.32 Å². The Morgan fingerprint density at radius 3 is 2.26 bits per heavy atom. The summed E-state index contributed by atoms with van der Waals surface area (Å²) in [5.74, 6) is -0.172. The third-order valence-electron chi connectivity index (χ3n) is 4.45. The van der Waals surface area contributed by atoms with Crippen molar-refractivity contribution in [1.29, 1.82) is 0 Å². The highest BCUT2D eigenvalue weighted by Crippen LogP contribution is 2.35. The smallest absolute Gasteiger partial charge is 0.345 e. The molecular formula is C24H22N2O8. The van der Waals surface area contributed by atoms with Crippen LogP contribution in [0.25, 0.3) is 0 Å². The molecular weight excluding hydrogens is 444 g/mol. The zero-order valence-electron chi connectivity index (χ0n) is 18.5. The molecule has 0 bridgehead atoms. The quantitative estimate of drug-likeness (QED) is 0.261. The van der Waals surface area contributed by atoms with Gasteiger partial charge in [0.25, 0.3) is 11.6 Å². The van der Waals surface area contributed by atoms with Crippen LogP contribution in [0.1, 0.15) is 17.3 Å². The van der Waals surface area contributed by atoms with Crippen molar-refractivity contribution in [2.45, 2.75) is 6.92 Å². The summed E-state index contributed by atoms with van der Waals surface area (Å²) in [6, 6.07) is 18.0. The Morgan fingerprint density at radius 2 is 1.65 bits per heavy atom. The van der Waals surface area contributed by atoms with Crippen LogP contribution in [0.3, 0.4) is 0 Å². The van der Waals surface area contributed by atoms with E-state index >= 15 is 0 Å². The van der Waals surface area contributed by atoms with Gasteiger partial charge in [0.1, 0.15) is 17.1 Å². The maximum Gasteiger partial charge on any atom is 0.345 e. The molecule has 0 saturated carbocycles. The number of esters is 1. The van der Waals surface area contributed by atoms with Crippen LogP contribution in [0.15, 0.2) is 66.7 Å². The summed E-state index contributed by atoms with van der Waals surface area (Å²) in [5.41, 5.74) is -0.431. The number of amides is 1. The second-order valence-electron chi connectivity index (χ2n) is 6.77. The maximum absolute atomic E-state index is 12.5. The lowest BCUT2D eigenvalue weighted by molar-refractivity contribution is -0.385. The Hall–Kier alpha value is -4.60. The van der Waals surface area contributed by atoms with Gasteiger partial charge in [-0.3, -0.25) is 14.9 Å². The minimum absolute atomic E-state index is 0.0996. The summed E-state index contributed by atoms with van der Waals surface area (Å²) in [4.78, 5) is 35.4. The third-order valence-corrected chi connectivity index (χ3v) is 4.45. The van der Waals surface area contributed by atoms with Crippen molar-refractivity contribution < 1.29 is 33.5 Å². The number of methoxy groups -OCH3 is 1. The monoisotopic (exact) mass is 466 g/mol. The molecule has 10 nitrogen and oxygen atoms in total. The lowest BCUT2D eigenvalue weighted by atomic mass is 10.1. The highest BCUT2D eigenvalue weighted by Gasteiger charge is 2.26. The van der Waals surface area contributed by atoms with Gasteiger partial charge >= 0.3 is 5.97 Å². The minimum atomic E-state index is -1.04. The first-order chi connectivity index (χ1) is 16.4. The van der Waals surface area contributed by atoms with E-state index in [0.29, 0.717) is 17.2 Å². The molecule has 0 aliphatic heterocycles. The standard InChI is InChI=1S/C24H22N2O8/c1-3-32-22-13-19(20(26(29)30)14-21(22)31-2)24(28)33-15-23(27)25-16-9-11-18(12-10-16)34-17-7-5-4-6-8-17/h4-14H,3,15H2,1-2H3,(H,25,27). The van der Waals surface area contributed by atoms with Crippen LogP contribution in [0.4, 0.5) is 11.4 Å². The minimum Gasteiger partial charge on any atom is -0.493 e. The molecule has 34 heavy (non-hydrogen) atoms. The van der Waals surface area contributed by atoms with E-state index in [0.717, 1.165) is 12.1 Å². The zero-order chi connectivity index (χ0) is 24.5. The summed E-state index contributed by atoms with van der Waals surface area (Å²) >= 11 is 0. The number of nitro groups is 1. The van der Waals surface area contributed by atoms with E-state index in [9.17, 15) is 19.7 Å². The molecule has 3 rings (SSSR count). The summed E-state index contributed by atoms with van der Waals surface area (Å²) in [7, 11) is 1.32. The zero-order valence-corrected chi connectivity index (χ0v) is 18.5. The molecule has 0 fully saturated rings. The van der Waals surface area contributed by atoms with Gasteiger partial charge in [0.2, 0.25) is 0 Å². The number of anilines is 1. The summed E-state index contributed by atoms with van der Waals surface area (Å²) in [6.45, 7) is 1.32. The molecule has 0 atom stereocenters. The van der Waals surface area contributed by atoms with Gasteiger partial charge < -0.3 is 24.3 Å². The Kier molecular flexibility index (Phi) is 8.01. The van der Waals surface area contributed by atoms with Crippen molar-refractivity contribution in [3.8, 4) is 23.0 Å². The summed E-state index contributed by atoms with van der Waals surface area (Å²) in [5, 5.41) is 14.0. The number of benzene rings is 3. The highest BCUT2D eigenvalue weighted by molar-refractivity contribution is 5.98. The van der Waals surface area contributed by atoms with Gasteiger partial charge in [-0.15, -0.1) is 0 Å².